The molecule has 5 rings (SSSR count). The van der Waals surface area contributed by atoms with Gasteiger partial charge in [-0.3, -0.25) is 9.69 Å². The van der Waals surface area contributed by atoms with Gasteiger partial charge < -0.3 is 30.9 Å². The summed E-state index contributed by atoms with van der Waals surface area (Å²) in [6.07, 6.45) is 4.10. The van der Waals surface area contributed by atoms with Crippen molar-refractivity contribution in [2.45, 2.75) is 25.8 Å². The second-order valence-electron chi connectivity index (χ2n) is 9.94. The van der Waals surface area contributed by atoms with Gasteiger partial charge in [-0.25, -0.2) is 4.98 Å². The highest BCUT2D eigenvalue weighted by molar-refractivity contribution is 7.12. The number of hydrogen-bond acceptors (Lipinski definition) is 10. The molecular formula is C27H36N8O2S. The van der Waals surface area contributed by atoms with E-state index < -0.39 is 5.91 Å². The van der Waals surface area contributed by atoms with Crippen molar-refractivity contribution in [1.82, 2.24) is 19.8 Å². The monoisotopic (exact) mass is 536 g/mol. The number of rotatable bonds is 8. The molecule has 0 atom stereocenters. The highest BCUT2D eigenvalue weighted by atomic mass is 32.1. The number of carbonyl (C=O) groups excluding carboxylic acids is 1. The quantitative estimate of drug-likeness (QED) is 0.397. The molecule has 2 fully saturated rings. The molecule has 0 unspecified atom stereocenters. The lowest BCUT2D eigenvalue weighted by Crippen LogP contribution is -2.52. The molecule has 2 saturated heterocycles. The lowest BCUT2D eigenvalue weighted by atomic mass is 10.0. The first-order valence-electron chi connectivity index (χ1n) is 13.0. The minimum atomic E-state index is -0.471. The van der Waals surface area contributed by atoms with Crippen LogP contribution in [-0.4, -0.2) is 85.1 Å². The van der Waals surface area contributed by atoms with Gasteiger partial charge in [0.25, 0.3) is 5.91 Å². The van der Waals surface area contributed by atoms with Crippen LogP contribution in [0, 0.1) is 6.92 Å². The number of likely N-dealkylation sites (N-methyl/N-ethyl adjacent to an activating group) is 1. The molecule has 10 nitrogen and oxygen atoms in total. The van der Waals surface area contributed by atoms with Crippen molar-refractivity contribution in [2.75, 3.05) is 69.0 Å². The molecule has 202 valence electrons. The Morgan fingerprint density at radius 2 is 1.84 bits per heavy atom. The van der Waals surface area contributed by atoms with Gasteiger partial charge in [0.15, 0.2) is 0 Å². The number of primary amides is 1. The number of amides is 1. The average Bonchev–Trinajstić information content (AvgIpc) is 3.40. The molecule has 2 aromatic heterocycles. The van der Waals surface area contributed by atoms with E-state index >= 15 is 0 Å². The summed E-state index contributed by atoms with van der Waals surface area (Å²) >= 11 is 1.29. The van der Waals surface area contributed by atoms with Crippen molar-refractivity contribution in [3.05, 3.63) is 46.3 Å². The molecule has 2 aliphatic rings. The number of piperidine rings is 1. The Bertz CT molecular complexity index is 1270. The van der Waals surface area contributed by atoms with Crippen molar-refractivity contribution in [1.29, 1.82) is 0 Å². The molecule has 0 radical (unpaired) electrons. The van der Waals surface area contributed by atoms with E-state index in [0.717, 1.165) is 48.9 Å². The second kappa shape index (κ2) is 11.5. The van der Waals surface area contributed by atoms with Crippen LogP contribution >= 0.6 is 11.3 Å². The smallest absolute Gasteiger partial charge is 0.260 e. The number of thiophene rings is 1. The largest absolute Gasteiger partial charge is 0.494 e. The molecule has 38 heavy (non-hydrogen) atoms. The summed E-state index contributed by atoms with van der Waals surface area (Å²) in [5.41, 5.74) is 8.92. The number of piperazine rings is 1. The fourth-order valence-corrected chi connectivity index (χ4v) is 5.83. The number of methoxy groups -OCH3 is 1. The standard InChI is InChI=1S/C27H36N8O2S/c1-18-17-29-27(32-26(18)30-22-8-15-38-24(22)25(28)36)31-21-5-4-20(16-23(21)37-3)34-9-6-19(7-10-34)35-13-11-33(2)12-14-35/h4-5,8,15-17,19H,6-7,9-14H2,1-3H3,(H2,28,36)(H2,29,30,31,32). The van der Waals surface area contributed by atoms with Crippen LogP contribution in [0.3, 0.4) is 0 Å². The molecule has 0 aliphatic carbocycles. The molecule has 0 saturated carbocycles. The zero-order chi connectivity index (χ0) is 26.6. The Balaban J connectivity index is 1.25. The van der Waals surface area contributed by atoms with Crippen LogP contribution in [0.5, 0.6) is 5.75 Å². The highest BCUT2D eigenvalue weighted by Crippen LogP contribution is 2.34. The van der Waals surface area contributed by atoms with Crippen LogP contribution < -0.4 is 26.0 Å². The third-order valence-electron chi connectivity index (χ3n) is 7.43. The van der Waals surface area contributed by atoms with Gasteiger partial charge in [-0.15, -0.1) is 11.3 Å². The number of ether oxygens (including phenoxy) is 1. The predicted molar refractivity (Wildman–Crippen MR) is 153 cm³/mol. The normalized spacial score (nSPS) is 17.4. The lowest BCUT2D eigenvalue weighted by molar-refractivity contribution is 0.0982. The molecule has 0 bridgehead atoms. The van der Waals surface area contributed by atoms with E-state index in [9.17, 15) is 4.79 Å². The zero-order valence-corrected chi connectivity index (χ0v) is 23.1. The minimum absolute atomic E-state index is 0.424. The first-order chi connectivity index (χ1) is 18.4. The van der Waals surface area contributed by atoms with Crippen LogP contribution in [0.4, 0.5) is 28.8 Å². The molecule has 1 aromatic carbocycles. The maximum atomic E-state index is 11.7. The number of benzene rings is 1. The molecule has 0 spiro atoms. The first-order valence-corrected chi connectivity index (χ1v) is 13.9. The van der Waals surface area contributed by atoms with Crippen molar-refractivity contribution in [3.63, 3.8) is 0 Å². The SMILES string of the molecule is COc1cc(N2CCC(N3CCN(C)CC3)CC2)ccc1Nc1ncc(C)c(Nc2ccsc2C(N)=O)n1. The van der Waals surface area contributed by atoms with E-state index in [0.29, 0.717) is 28.4 Å². The van der Waals surface area contributed by atoms with Crippen molar-refractivity contribution in [2.24, 2.45) is 5.73 Å². The van der Waals surface area contributed by atoms with Gasteiger partial charge >= 0.3 is 0 Å². The van der Waals surface area contributed by atoms with Gasteiger partial charge in [0.05, 0.1) is 18.5 Å². The van der Waals surface area contributed by atoms with Crippen LogP contribution in [0.1, 0.15) is 28.1 Å². The van der Waals surface area contributed by atoms with Gasteiger partial charge in [0.2, 0.25) is 5.95 Å². The number of carbonyl (C=O) groups is 1. The summed E-state index contributed by atoms with van der Waals surface area (Å²) in [6, 6.07) is 8.71. The second-order valence-corrected chi connectivity index (χ2v) is 10.9. The summed E-state index contributed by atoms with van der Waals surface area (Å²) in [7, 11) is 3.88. The summed E-state index contributed by atoms with van der Waals surface area (Å²) in [5.74, 6) is 1.28. The van der Waals surface area contributed by atoms with Crippen LogP contribution in [0.2, 0.25) is 0 Å². The van der Waals surface area contributed by atoms with Crippen molar-refractivity contribution < 1.29 is 9.53 Å². The number of nitrogens with one attached hydrogen (secondary N) is 2. The summed E-state index contributed by atoms with van der Waals surface area (Å²) in [4.78, 5) is 28.8. The van der Waals surface area contributed by atoms with Gasteiger partial charge in [-0.1, -0.05) is 0 Å². The Morgan fingerprint density at radius 3 is 2.55 bits per heavy atom. The van der Waals surface area contributed by atoms with E-state index in [1.807, 2.05) is 24.4 Å². The van der Waals surface area contributed by atoms with Gasteiger partial charge in [0.1, 0.15) is 16.4 Å². The number of aromatic nitrogens is 2. The Kier molecular flexibility index (Phi) is 7.96. The van der Waals surface area contributed by atoms with Crippen LogP contribution in [-0.2, 0) is 0 Å². The number of nitrogens with zero attached hydrogens (tertiary/aromatic N) is 5. The number of nitrogens with two attached hydrogens (primary N) is 1. The van der Waals surface area contributed by atoms with Crippen LogP contribution in [0.25, 0.3) is 0 Å². The van der Waals surface area contributed by atoms with Crippen molar-refractivity contribution in [3.8, 4) is 5.75 Å². The van der Waals surface area contributed by atoms with Gasteiger partial charge in [-0.05, 0) is 50.4 Å². The van der Waals surface area contributed by atoms with Gasteiger partial charge in [-0.2, -0.15) is 4.98 Å². The van der Waals surface area contributed by atoms with Crippen molar-refractivity contribution >= 4 is 46.1 Å². The van der Waals surface area contributed by atoms with E-state index in [1.165, 1.54) is 37.3 Å². The predicted octanol–water partition coefficient (Wildman–Crippen LogP) is 3.66. The fraction of sp³-hybridized carbons (Fsp3) is 0.444. The average molecular weight is 537 g/mol. The zero-order valence-electron chi connectivity index (χ0n) is 22.2. The van der Waals surface area contributed by atoms with Gasteiger partial charge in [0, 0.05) is 68.8 Å². The molecule has 3 aromatic rings. The van der Waals surface area contributed by atoms with E-state index in [4.69, 9.17) is 10.5 Å². The first kappa shape index (κ1) is 26.2. The summed E-state index contributed by atoms with van der Waals surface area (Å²) in [5, 5.41) is 8.32. The van der Waals surface area contributed by atoms with E-state index in [-0.39, 0.29) is 0 Å². The third-order valence-corrected chi connectivity index (χ3v) is 8.36. The molecule has 4 heterocycles. The molecule has 11 heteroatoms. The maximum absolute atomic E-state index is 11.7. The molecule has 4 N–H and O–H groups in total. The summed E-state index contributed by atoms with van der Waals surface area (Å²) in [6.45, 7) is 8.66. The molecule has 2 aliphatic heterocycles. The maximum Gasteiger partial charge on any atom is 0.260 e. The third kappa shape index (κ3) is 5.85. The topological polar surface area (TPSA) is 112 Å². The van der Waals surface area contributed by atoms with E-state index in [2.05, 4.69) is 54.5 Å². The van der Waals surface area contributed by atoms with E-state index in [1.54, 1.807) is 13.3 Å². The minimum Gasteiger partial charge on any atom is -0.494 e. The molecular weight excluding hydrogens is 500 g/mol. The summed E-state index contributed by atoms with van der Waals surface area (Å²) < 4.78 is 5.73. The number of aryl methyl sites for hydroxylation is 1. The Hall–Kier alpha value is -3.41. The lowest BCUT2D eigenvalue weighted by Gasteiger charge is -2.42. The molecule has 1 amide bonds. The Labute approximate surface area is 227 Å². The number of anilines is 5. The highest BCUT2D eigenvalue weighted by Gasteiger charge is 2.27. The fourth-order valence-electron chi connectivity index (χ4n) is 5.13. The number of hydrogen-bond donors (Lipinski definition) is 3. The Morgan fingerprint density at radius 1 is 1.08 bits per heavy atom. The van der Waals surface area contributed by atoms with Crippen LogP contribution in [0.15, 0.2) is 35.8 Å².